The van der Waals surface area contributed by atoms with Gasteiger partial charge < -0.3 is 0 Å². The van der Waals surface area contributed by atoms with Crippen molar-refractivity contribution in [3.63, 3.8) is 0 Å². The van der Waals surface area contributed by atoms with E-state index in [9.17, 15) is 19.2 Å². The van der Waals surface area contributed by atoms with Gasteiger partial charge in [0.25, 0.3) is 0 Å². The molecule has 0 spiro atoms. The third-order valence-electron chi connectivity index (χ3n) is 4.40. The lowest BCUT2D eigenvalue weighted by atomic mass is 9.86. The molecular weight excluding hydrogens is 428 g/mol. The molecule has 0 radical (unpaired) electrons. The first kappa shape index (κ1) is 35.0. The number of rotatable bonds is 10. The Hall–Kier alpha value is -0.620. The van der Waals surface area contributed by atoms with E-state index in [0.29, 0.717) is 24.4 Å². The van der Waals surface area contributed by atoms with Crippen molar-refractivity contribution in [1.82, 2.24) is 0 Å². The van der Waals surface area contributed by atoms with E-state index in [1.54, 1.807) is 21.6 Å². The monoisotopic (exact) mass is 476 g/mol. The molecule has 0 aliphatic heterocycles. The van der Waals surface area contributed by atoms with Crippen LogP contribution < -0.4 is 0 Å². The normalized spacial score (nSPS) is 11.9. The molecule has 0 aliphatic carbocycles. The van der Waals surface area contributed by atoms with Gasteiger partial charge in [0.05, 0.1) is 6.42 Å². The molecule has 184 valence electrons. The van der Waals surface area contributed by atoms with Gasteiger partial charge in [-0.1, -0.05) is 105 Å². The van der Waals surface area contributed by atoms with Crippen molar-refractivity contribution < 1.29 is 19.2 Å². The van der Waals surface area contributed by atoms with Crippen LogP contribution in [-0.2, 0) is 19.2 Å². The topological polar surface area (TPSA) is 68.3 Å². The lowest BCUT2D eigenvalue weighted by Gasteiger charge is -2.16. The van der Waals surface area contributed by atoms with Gasteiger partial charge in [-0.3, -0.25) is 19.2 Å². The molecule has 0 bridgehead atoms. The maximum absolute atomic E-state index is 11.7. The molecular formula is C25H48O4S2. The summed E-state index contributed by atoms with van der Waals surface area (Å²) >= 11 is 0. The van der Waals surface area contributed by atoms with E-state index in [1.807, 2.05) is 76.2 Å². The van der Waals surface area contributed by atoms with Gasteiger partial charge in [0.2, 0.25) is 0 Å². The van der Waals surface area contributed by atoms with E-state index >= 15 is 0 Å². The predicted molar refractivity (Wildman–Crippen MR) is 139 cm³/mol. The molecule has 0 saturated heterocycles. The quantitative estimate of drug-likeness (QED) is 0.188. The van der Waals surface area contributed by atoms with Crippen molar-refractivity contribution >= 4 is 44.7 Å². The molecule has 0 aromatic heterocycles. The zero-order valence-corrected chi connectivity index (χ0v) is 22.7. The van der Waals surface area contributed by atoms with E-state index in [1.165, 1.54) is 0 Å². The molecule has 0 heterocycles. The minimum absolute atomic E-state index is 0. The summed E-state index contributed by atoms with van der Waals surface area (Å²) in [5.74, 6) is 2.32. The van der Waals surface area contributed by atoms with Crippen LogP contribution in [0, 0.1) is 22.2 Å². The fourth-order valence-corrected chi connectivity index (χ4v) is 3.74. The zero-order valence-electron chi connectivity index (χ0n) is 21.1. The third kappa shape index (κ3) is 18.6. The van der Waals surface area contributed by atoms with Crippen LogP contribution >= 0.6 is 21.6 Å². The molecule has 6 heteroatoms. The van der Waals surface area contributed by atoms with Gasteiger partial charge in [0.1, 0.15) is 23.1 Å². The van der Waals surface area contributed by atoms with E-state index in [0.717, 1.165) is 11.5 Å². The summed E-state index contributed by atoms with van der Waals surface area (Å²) in [5, 5.41) is 0. The fraction of sp³-hybridized carbons (Fsp3) is 0.840. The Bertz CT molecular complexity index is 544. The lowest BCUT2D eigenvalue weighted by molar-refractivity contribution is -0.133. The Morgan fingerprint density at radius 3 is 1.13 bits per heavy atom. The molecule has 0 amide bonds. The highest BCUT2D eigenvalue weighted by Crippen LogP contribution is 2.27. The Labute approximate surface area is 200 Å². The van der Waals surface area contributed by atoms with Crippen LogP contribution in [0.15, 0.2) is 0 Å². The smallest absolute Gasteiger partial charge is 0.145 e. The average Bonchev–Trinajstić information content (AvgIpc) is 2.55. The van der Waals surface area contributed by atoms with Crippen LogP contribution in [-0.4, -0.2) is 34.6 Å². The largest absolute Gasteiger partial charge is 0.299 e. The molecule has 0 aromatic carbocycles. The summed E-state index contributed by atoms with van der Waals surface area (Å²) in [6, 6.07) is 0. The Balaban J connectivity index is -0.000000528. The van der Waals surface area contributed by atoms with Gasteiger partial charge in [-0.05, 0) is 0 Å². The van der Waals surface area contributed by atoms with Crippen molar-refractivity contribution in [2.45, 2.75) is 103 Å². The summed E-state index contributed by atoms with van der Waals surface area (Å²) < 4.78 is 0. The maximum atomic E-state index is 11.7. The first-order valence-corrected chi connectivity index (χ1v) is 13.2. The molecule has 31 heavy (non-hydrogen) atoms. The highest BCUT2D eigenvalue weighted by molar-refractivity contribution is 8.76. The number of carbonyl (C=O) groups excluding carboxylic acids is 4. The molecule has 0 rings (SSSR count). The fourth-order valence-electron chi connectivity index (χ4n) is 1.76. The average molecular weight is 477 g/mol. The number of hydrogen-bond donors (Lipinski definition) is 0. The third-order valence-corrected chi connectivity index (χ3v) is 6.80. The van der Waals surface area contributed by atoms with Crippen LogP contribution in [0.4, 0.5) is 0 Å². The van der Waals surface area contributed by atoms with Gasteiger partial charge in [-0.2, -0.15) is 0 Å². The Morgan fingerprint density at radius 2 is 0.903 bits per heavy atom. The van der Waals surface area contributed by atoms with Gasteiger partial charge in [0, 0.05) is 46.5 Å². The Morgan fingerprint density at radius 1 is 0.613 bits per heavy atom. The van der Waals surface area contributed by atoms with Crippen molar-refractivity contribution in [1.29, 1.82) is 0 Å². The number of Topliss-reactive ketones (excluding diaryl/α,β-unsaturated/α-hetero) is 4. The molecule has 0 unspecified atom stereocenters. The summed E-state index contributed by atoms with van der Waals surface area (Å²) in [6.45, 7) is 20.9. The van der Waals surface area contributed by atoms with Crippen LogP contribution in [0.5, 0.6) is 0 Å². The van der Waals surface area contributed by atoms with E-state index in [-0.39, 0.29) is 47.6 Å². The van der Waals surface area contributed by atoms with Crippen molar-refractivity contribution in [3.8, 4) is 0 Å². The minimum Gasteiger partial charge on any atom is -0.299 e. The maximum Gasteiger partial charge on any atom is 0.145 e. The second kappa shape index (κ2) is 15.3. The number of hydrogen-bond acceptors (Lipinski definition) is 6. The summed E-state index contributed by atoms with van der Waals surface area (Å²) in [5.41, 5.74) is -0.842. The minimum atomic E-state index is -0.384. The first-order valence-electron chi connectivity index (χ1n) is 10.7. The highest BCUT2D eigenvalue weighted by atomic mass is 33.1. The second-order valence-electron chi connectivity index (χ2n) is 11.0. The second-order valence-corrected chi connectivity index (χ2v) is 13.7. The molecule has 0 aliphatic rings. The molecule has 0 saturated carbocycles. The molecule has 0 fully saturated rings. The van der Waals surface area contributed by atoms with Gasteiger partial charge >= 0.3 is 0 Å². The van der Waals surface area contributed by atoms with Crippen molar-refractivity contribution in [2.24, 2.45) is 22.2 Å². The predicted octanol–water partition coefficient (Wildman–Crippen LogP) is 7.23. The van der Waals surface area contributed by atoms with Crippen LogP contribution in [0.25, 0.3) is 0 Å². The summed E-state index contributed by atoms with van der Waals surface area (Å²) in [6.07, 6.45) is 1.32. The van der Waals surface area contributed by atoms with Crippen molar-refractivity contribution in [3.05, 3.63) is 0 Å². The van der Waals surface area contributed by atoms with Gasteiger partial charge in [-0.25, -0.2) is 0 Å². The van der Waals surface area contributed by atoms with Crippen LogP contribution in [0.1, 0.15) is 103 Å². The molecule has 0 N–H and O–H groups in total. The van der Waals surface area contributed by atoms with Crippen LogP contribution in [0.2, 0.25) is 0 Å². The lowest BCUT2D eigenvalue weighted by Crippen LogP contribution is -2.24. The zero-order chi connectivity index (χ0) is 24.3. The number of ketones is 4. The summed E-state index contributed by atoms with van der Waals surface area (Å²) in [7, 11) is 3.39. The van der Waals surface area contributed by atoms with E-state index < -0.39 is 0 Å². The first-order chi connectivity index (χ1) is 13.3. The van der Waals surface area contributed by atoms with Crippen LogP contribution in [0.3, 0.4) is 0 Å². The van der Waals surface area contributed by atoms with Crippen molar-refractivity contribution in [2.75, 3.05) is 11.5 Å². The summed E-state index contributed by atoms with van der Waals surface area (Å²) in [4.78, 5) is 45.9. The Kier molecular flexibility index (Phi) is 17.2. The van der Waals surface area contributed by atoms with E-state index in [2.05, 4.69) is 0 Å². The molecule has 4 nitrogen and oxygen atoms in total. The van der Waals surface area contributed by atoms with E-state index in [4.69, 9.17) is 0 Å². The van der Waals surface area contributed by atoms with Gasteiger partial charge in [0.15, 0.2) is 0 Å². The molecule has 0 atom stereocenters. The standard InChI is InChI=1S/C14H26O2S2.C10H18O2.CH4/c1-13(2,3)11(15)7-9-17-18-10-8-12(16)14(4,5)6;1-7(2)8(11)6-9(12)10(3,4)5;/h7-10H2,1-6H3;7H,6H2,1-5H3;1H4. The molecule has 0 aromatic rings. The number of carbonyl (C=O) groups is 4. The SMILES string of the molecule is C.CC(C)(C)C(=O)CCSSCCC(=O)C(C)(C)C.CC(C)C(=O)CC(=O)C(C)(C)C. The van der Waals surface area contributed by atoms with Gasteiger partial charge in [-0.15, -0.1) is 0 Å². The highest BCUT2D eigenvalue weighted by Gasteiger charge is 2.24.